The standard InChI is InChI=1S/C11H11Cl2N3.3ClH/c1-16-5-4-14-11(16)15-7-8-2-3-9(12)10(13)6-8;;;/h2-6H,7H2,1H3,(H,14,15);3*1H. The molecule has 19 heavy (non-hydrogen) atoms. The van der Waals surface area contributed by atoms with E-state index in [1.807, 2.05) is 29.9 Å². The Morgan fingerprint density at radius 2 is 1.84 bits per heavy atom. The van der Waals surface area contributed by atoms with Crippen LogP contribution in [0.4, 0.5) is 5.95 Å². The molecule has 0 fully saturated rings. The summed E-state index contributed by atoms with van der Waals surface area (Å²) in [6.07, 6.45) is 3.63. The van der Waals surface area contributed by atoms with Crippen molar-refractivity contribution in [2.24, 2.45) is 7.05 Å². The number of anilines is 1. The van der Waals surface area contributed by atoms with Crippen LogP contribution >= 0.6 is 60.4 Å². The van der Waals surface area contributed by atoms with Crippen LogP contribution in [-0.2, 0) is 13.6 Å². The van der Waals surface area contributed by atoms with E-state index in [1.54, 1.807) is 12.3 Å². The maximum Gasteiger partial charge on any atom is 0.202 e. The quantitative estimate of drug-likeness (QED) is 0.861. The maximum atomic E-state index is 5.93. The Labute approximate surface area is 140 Å². The van der Waals surface area contributed by atoms with E-state index >= 15 is 0 Å². The summed E-state index contributed by atoms with van der Waals surface area (Å²) in [7, 11) is 1.93. The average Bonchev–Trinajstić information content (AvgIpc) is 2.66. The summed E-state index contributed by atoms with van der Waals surface area (Å²) in [5.74, 6) is 0.825. The molecule has 2 aromatic rings. The number of aryl methyl sites for hydroxylation is 1. The highest BCUT2D eigenvalue weighted by atomic mass is 35.5. The average molecular weight is 366 g/mol. The highest BCUT2D eigenvalue weighted by Crippen LogP contribution is 2.22. The zero-order valence-electron chi connectivity index (χ0n) is 9.97. The van der Waals surface area contributed by atoms with Crippen molar-refractivity contribution in [2.75, 3.05) is 5.32 Å². The van der Waals surface area contributed by atoms with Gasteiger partial charge in [-0.3, -0.25) is 0 Å². The molecule has 1 N–H and O–H groups in total. The summed E-state index contributed by atoms with van der Waals surface area (Å²) < 4.78 is 1.91. The number of halogens is 5. The first-order valence-electron chi connectivity index (χ1n) is 4.82. The predicted octanol–water partition coefficient (Wildman–Crippen LogP) is 4.60. The lowest BCUT2D eigenvalue weighted by molar-refractivity contribution is 0.900. The molecular weight excluding hydrogens is 351 g/mol. The Balaban J connectivity index is 0. The van der Waals surface area contributed by atoms with Gasteiger partial charge in [-0.05, 0) is 17.7 Å². The third kappa shape index (κ3) is 5.67. The molecule has 108 valence electrons. The van der Waals surface area contributed by atoms with Crippen molar-refractivity contribution in [3.8, 4) is 0 Å². The third-order valence-corrected chi connectivity index (χ3v) is 2.99. The Morgan fingerprint density at radius 3 is 2.37 bits per heavy atom. The molecule has 8 heteroatoms. The van der Waals surface area contributed by atoms with Crippen LogP contribution in [0.3, 0.4) is 0 Å². The van der Waals surface area contributed by atoms with Crippen molar-refractivity contribution >= 4 is 66.4 Å². The first-order valence-corrected chi connectivity index (χ1v) is 5.57. The van der Waals surface area contributed by atoms with Crippen LogP contribution in [0.15, 0.2) is 30.6 Å². The van der Waals surface area contributed by atoms with Gasteiger partial charge in [0.25, 0.3) is 0 Å². The first kappa shape index (κ1) is 21.0. The molecule has 0 saturated heterocycles. The van der Waals surface area contributed by atoms with Gasteiger partial charge in [-0.1, -0.05) is 29.3 Å². The second-order valence-electron chi connectivity index (χ2n) is 3.46. The number of imidazole rings is 1. The molecule has 1 heterocycles. The van der Waals surface area contributed by atoms with E-state index in [2.05, 4.69) is 10.3 Å². The Morgan fingerprint density at radius 1 is 1.16 bits per heavy atom. The lowest BCUT2D eigenvalue weighted by Crippen LogP contribution is -2.04. The smallest absolute Gasteiger partial charge is 0.202 e. The minimum absolute atomic E-state index is 0. The Hall–Kier alpha value is -0.320. The fraction of sp³-hybridized carbons (Fsp3) is 0.182. The summed E-state index contributed by atoms with van der Waals surface area (Å²) >= 11 is 11.8. The van der Waals surface area contributed by atoms with Crippen LogP contribution < -0.4 is 5.32 Å². The van der Waals surface area contributed by atoms with E-state index in [0.717, 1.165) is 11.5 Å². The SMILES string of the molecule is Cl.Cl.Cl.Cn1ccnc1NCc1ccc(Cl)c(Cl)c1. The molecule has 1 aromatic carbocycles. The van der Waals surface area contributed by atoms with Crippen LogP contribution in [0.1, 0.15) is 5.56 Å². The van der Waals surface area contributed by atoms with Gasteiger partial charge in [0.2, 0.25) is 5.95 Å². The summed E-state index contributed by atoms with van der Waals surface area (Å²) in [6, 6.07) is 5.57. The van der Waals surface area contributed by atoms with Gasteiger partial charge < -0.3 is 9.88 Å². The lowest BCUT2D eigenvalue weighted by Gasteiger charge is -2.06. The number of nitrogens with zero attached hydrogens (tertiary/aromatic N) is 2. The molecule has 0 amide bonds. The predicted molar refractivity (Wildman–Crippen MR) is 88.7 cm³/mol. The van der Waals surface area contributed by atoms with Crippen LogP contribution in [-0.4, -0.2) is 9.55 Å². The molecule has 0 unspecified atom stereocenters. The normalized spacial score (nSPS) is 8.79. The van der Waals surface area contributed by atoms with Crippen LogP contribution in [0.25, 0.3) is 0 Å². The van der Waals surface area contributed by atoms with Crippen molar-refractivity contribution in [1.29, 1.82) is 0 Å². The van der Waals surface area contributed by atoms with E-state index in [-0.39, 0.29) is 37.2 Å². The number of benzene rings is 1. The van der Waals surface area contributed by atoms with E-state index in [4.69, 9.17) is 23.2 Å². The maximum absolute atomic E-state index is 5.93. The van der Waals surface area contributed by atoms with Crippen molar-refractivity contribution in [3.05, 3.63) is 46.2 Å². The van der Waals surface area contributed by atoms with E-state index in [1.165, 1.54) is 0 Å². The summed E-state index contributed by atoms with van der Waals surface area (Å²) in [6.45, 7) is 0.668. The highest BCUT2D eigenvalue weighted by Gasteiger charge is 2.01. The number of hydrogen-bond donors (Lipinski definition) is 1. The fourth-order valence-electron chi connectivity index (χ4n) is 1.37. The molecule has 0 bridgehead atoms. The van der Waals surface area contributed by atoms with Gasteiger partial charge in [-0.15, -0.1) is 37.2 Å². The Bertz CT molecular complexity index is 501. The molecule has 2 rings (SSSR count). The second-order valence-corrected chi connectivity index (χ2v) is 4.28. The van der Waals surface area contributed by atoms with Crippen molar-refractivity contribution in [3.63, 3.8) is 0 Å². The van der Waals surface area contributed by atoms with E-state index in [0.29, 0.717) is 16.6 Å². The molecular formula is C11H14Cl5N3. The number of hydrogen-bond acceptors (Lipinski definition) is 2. The van der Waals surface area contributed by atoms with Gasteiger partial charge in [0.05, 0.1) is 10.0 Å². The van der Waals surface area contributed by atoms with Gasteiger partial charge in [0.15, 0.2) is 0 Å². The van der Waals surface area contributed by atoms with E-state index < -0.39 is 0 Å². The molecule has 1 aromatic heterocycles. The summed E-state index contributed by atoms with van der Waals surface area (Å²) in [5.41, 5.74) is 1.07. The molecule has 3 nitrogen and oxygen atoms in total. The molecule has 0 aliphatic carbocycles. The fourth-order valence-corrected chi connectivity index (χ4v) is 1.69. The topological polar surface area (TPSA) is 29.9 Å². The van der Waals surface area contributed by atoms with Crippen molar-refractivity contribution in [2.45, 2.75) is 6.54 Å². The Kier molecular flexibility index (Phi) is 10.6. The first-order chi connectivity index (χ1) is 7.66. The number of rotatable bonds is 3. The minimum atomic E-state index is 0. The van der Waals surface area contributed by atoms with Gasteiger partial charge >= 0.3 is 0 Å². The molecule has 0 radical (unpaired) electrons. The van der Waals surface area contributed by atoms with Crippen molar-refractivity contribution < 1.29 is 0 Å². The van der Waals surface area contributed by atoms with Gasteiger partial charge in [-0.2, -0.15) is 0 Å². The van der Waals surface area contributed by atoms with Gasteiger partial charge in [0.1, 0.15) is 0 Å². The molecule has 0 saturated carbocycles. The monoisotopic (exact) mass is 363 g/mol. The third-order valence-electron chi connectivity index (χ3n) is 2.26. The molecule has 0 aliphatic rings. The van der Waals surface area contributed by atoms with Gasteiger partial charge in [-0.25, -0.2) is 4.98 Å². The number of aromatic nitrogens is 2. The largest absolute Gasteiger partial charge is 0.352 e. The highest BCUT2D eigenvalue weighted by molar-refractivity contribution is 6.42. The van der Waals surface area contributed by atoms with Gasteiger partial charge in [0, 0.05) is 26.0 Å². The van der Waals surface area contributed by atoms with Crippen molar-refractivity contribution in [1.82, 2.24) is 9.55 Å². The van der Waals surface area contributed by atoms with Crippen LogP contribution in [0.2, 0.25) is 10.0 Å². The zero-order chi connectivity index (χ0) is 11.5. The number of nitrogens with one attached hydrogen (secondary N) is 1. The summed E-state index contributed by atoms with van der Waals surface area (Å²) in [5, 5.41) is 4.35. The zero-order valence-corrected chi connectivity index (χ0v) is 13.9. The van der Waals surface area contributed by atoms with Crippen LogP contribution in [0.5, 0.6) is 0 Å². The van der Waals surface area contributed by atoms with E-state index in [9.17, 15) is 0 Å². The summed E-state index contributed by atoms with van der Waals surface area (Å²) in [4.78, 5) is 4.16. The molecule has 0 spiro atoms. The lowest BCUT2D eigenvalue weighted by atomic mass is 10.2. The molecule has 0 aliphatic heterocycles. The van der Waals surface area contributed by atoms with Crippen LogP contribution in [0, 0.1) is 0 Å². The second kappa shape index (κ2) is 9.56. The minimum Gasteiger partial charge on any atom is -0.352 e. The molecule has 0 atom stereocenters.